The number of amides is 2. The highest BCUT2D eigenvalue weighted by Crippen LogP contribution is 2.49. The van der Waals surface area contributed by atoms with Gasteiger partial charge in [-0.05, 0) is 84.7 Å². The SMILES string of the molecule is CS(=O)(=O)c1ccc(Cl)c(C(=O)NC2CC3(CCN(C(=O)c4ccc(-c5ccc(F)cc5)cc4F)CC3)C2)c1. The maximum atomic E-state index is 14.9. The Bertz CT molecular complexity index is 1540. The molecule has 0 radical (unpaired) electrons. The van der Waals surface area contributed by atoms with Gasteiger partial charge >= 0.3 is 0 Å². The first-order chi connectivity index (χ1) is 18.4. The van der Waals surface area contributed by atoms with Crippen molar-refractivity contribution in [3.63, 3.8) is 0 Å². The zero-order valence-electron chi connectivity index (χ0n) is 21.2. The molecule has 1 saturated heterocycles. The molecule has 5 rings (SSSR count). The third-order valence-electron chi connectivity index (χ3n) is 7.79. The van der Waals surface area contributed by atoms with E-state index in [0.717, 1.165) is 31.9 Å². The summed E-state index contributed by atoms with van der Waals surface area (Å²) >= 11 is 6.15. The Morgan fingerprint density at radius 2 is 1.56 bits per heavy atom. The molecule has 1 saturated carbocycles. The molecule has 0 unspecified atom stereocenters. The first-order valence-electron chi connectivity index (χ1n) is 12.6. The van der Waals surface area contributed by atoms with Crippen LogP contribution in [0.5, 0.6) is 0 Å². The second-order valence-corrected chi connectivity index (χ2v) is 12.9. The van der Waals surface area contributed by atoms with Crippen molar-refractivity contribution in [1.82, 2.24) is 10.2 Å². The molecule has 10 heteroatoms. The molecule has 1 spiro atoms. The van der Waals surface area contributed by atoms with E-state index < -0.39 is 21.6 Å². The Kier molecular flexibility index (Phi) is 7.24. The number of rotatable bonds is 5. The van der Waals surface area contributed by atoms with Crippen molar-refractivity contribution >= 4 is 33.3 Å². The number of halogens is 3. The van der Waals surface area contributed by atoms with Crippen molar-refractivity contribution in [2.24, 2.45) is 5.41 Å². The quantitative estimate of drug-likeness (QED) is 0.437. The van der Waals surface area contributed by atoms with Gasteiger partial charge in [0.2, 0.25) is 0 Å². The Labute approximate surface area is 230 Å². The minimum atomic E-state index is -3.48. The van der Waals surface area contributed by atoms with Gasteiger partial charge in [-0.15, -0.1) is 0 Å². The first-order valence-corrected chi connectivity index (χ1v) is 14.9. The van der Waals surface area contributed by atoms with E-state index in [1.54, 1.807) is 23.1 Å². The van der Waals surface area contributed by atoms with Crippen LogP contribution in [0.4, 0.5) is 8.78 Å². The molecule has 39 heavy (non-hydrogen) atoms. The molecule has 1 aliphatic carbocycles. The highest BCUT2D eigenvalue weighted by atomic mass is 35.5. The molecule has 3 aromatic carbocycles. The Balaban J connectivity index is 1.16. The van der Waals surface area contributed by atoms with E-state index >= 15 is 0 Å². The molecule has 0 atom stereocenters. The molecular weight excluding hydrogens is 546 g/mol. The number of carbonyl (C=O) groups is 2. The van der Waals surface area contributed by atoms with Gasteiger partial charge in [0, 0.05) is 25.4 Å². The largest absolute Gasteiger partial charge is 0.349 e. The molecule has 3 aromatic rings. The van der Waals surface area contributed by atoms with Crippen LogP contribution in [0.15, 0.2) is 65.6 Å². The van der Waals surface area contributed by atoms with Gasteiger partial charge in [-0.25, -0.2) is 17.2 Å². The smallest absolute Gasteiger partial charge is 0.256 e. The fourth-order valence-corrected chi connectivity index (χ4v) is 6.38. The van der Waals surface area contributed by atoms with Gasteiger partial charge in [0.05, 0.1) is 21.0 Å². The fourth-order valence-electron chi connectivity index (χ4n) is 5.53. The second kappa shape index (κ2) is 10.4. The van der Waals surface area contributed by atoms with Crippen LogP contribution < -0.4 is 5.32 Å². The van der Waals surface area contributed by atoms with Crippen LogP contribution in [-0.2, 0) is 9.84 Å². The minimum absolute atomic E-state index is 0.00187. The highest BCUT2D eigenvalue weighted by molar-refractivity contribution is 7.90. The topological polar surface area (TPSA) is 83.6 Å². The van der Waals surface area contributed by atoms with E-state index in [0.29, 0.717) is 24.2 Å². The predicted octanol–water partition coefficient (Wildman–Crippen LogP) is 5.50. The van der Waals surface area contributed by atoms with Gasteiger partial charge in [-0.1, -0.05) is 29.8 Å². The average molecular weight is 573 g/mol. The lowest BCUT2D eigenvalue weighted by Gasteiger charge is -2.52. The van der Waals surface area contributed by atoms with Crippen LogP contribution in [0.2, 0.25) is 5.02 Å². The molecule has 1 aliphatic heterocycles. The number of carbonyl (C=O) groups excluding carboxylic acids is 2. The number of nitrogens with zero attached hydrogens (tertiary/aromatic N) is 1. The summed E-state index contributed by atoms with van der Waals surface area (Å²) in [7, 11) is -3.48. The third kappa shape index (κ3) is 5.70. The lowest BCUT2D eigenvalue weighted by atomic mass is 9.60. The predicted molar refractivity (Wildman–Crippen MR) is 144 cm³/mol. The lowest BCUT2D eigenvalue weighted by molar-refractivity contribution is 0.00849. The molecule has 2 fully saturated rings. The van der Waals surface area contributed by atoms with Crippen LogP contribution in [-0.4, -0.2) is 50.5 Å². The van der Waals surface area contributed by atoms with Crippen LogP contribution in [0.25, 0.3) is 11.1 Å². The normalized spacial score (nSPS) is 17.1. The van der Waals surface area contributed by atoms with Crippen LogP contribution in [0, 0.1) is 17.0 Å². The van der Waals surface area contributed by atoms with Crippen LogP contribution in [0.3, 0.4) is 0 Å². The van der Waals surface area contributed by atoms with Gasteiger partial charge < -0.3 is 10.2 Å². The summed E-state index contributed by atoms with van der Waals surface area (Å²) in [6, 6.07) is 14.1. The van der Waals surface area contributed by atoms with E-state index in [4.69, 9.17) is 11.6 Å². The third-order valence-corrected chi connectivity index (χ3v) is 9.23. The monoisotopic (exact) mass is 572 g/mol. The van der Waals surface area contributed by atoms with E-state index in [2.05, 4.69) is 5.32 Å². The lowest BCUT2D eigenvalue weighted by Crippen LogP contribution is -2.55. The van der Waals surface area contributed by atoms with Crippen molar-refractivity contribution in [1.29, 1.82) is 0 Å². The summed E-state index contributed by atoms with van der Waals surface area (Å²) < 4.78 is 51.8. The van der Waals surface area contributed by atoms with E-state index in [1.807, 2.05) is 0 Å². The first kappa shape index (κ1) is 27.3. The number of nitrogens with one attached hydrogen (secondary N) is 1. The fraction of sp³-hybridized carbons (Fsp3) is 0.310. The molecule has 1 N–H and O–H groups in total. The van der Waals surface area contributed by atoms with Gasteiger partial charge in [0.25, 0.3) is 11.8 Å². The molecule has 0 aromatic heterocycles. The maximum Gasteiger partial charge on any atom is 0.256 e. The summed E-state index contributed by atoms with van der Waals surface area (Å²) in [6.45, 7) is 0.974. The Morgan fingerprint density at radius 3 is 2.18 bits per heavy atom. The molecular formula is C29H27ClF2N2O4S. The zero-order valence-corrected chi connectivity index (χ0v) is 22.8. The number of hydrogen-bond donors (Lipinski definition) is 1. The molecule has 2 aliphatic rings. The van der Waals surface area contributed by atoms with Gasteiger partial charge in [0.1, 0.15) is 11.6 Å². The number of likely N-dealkylation sites (tertiary alicyclic amines) is 1. The minimum Gasteiger partial charge on any atom is -0.349 e. The Morgan fingerprint density at radius 1 is 0.923 bits per heavy atom. The van der Waals surface area contributed by atoms with E-state index in [9.17, 15) is 26.8 Å². The van der Waals surface area contributed by atoms with Gasteiger partial charge in [0.15, 0.2) is 9.84 Å². The number of benzene rings is 3. The van der Waals surface area contributed by atoms with Crippen molar-refractivity contribution in [3.8, 4) is 11.1 Å². The van der Waals surface area contributed by atoms with Crippen molar-refractivity contribution in [2.45, 2.75) is 36.6 Å². The van der Waals surface area contributed by atoms with Gasteiger partial charge in [-0.3, -0.25) is 9.59 Å². The highest BCUT2D eigenvalue weighted by Gasteiger charge is 2.47. The second-order valence-electron chi connectivity index (χ2n) is 10.5. The zero-order chi connectivity index (χ0) is 27.9. The number of piperidine rings is 1. The maximum absolute atomic E-state index is 14.9. The summed E-state index contributed by atoms with van der Waals surface area (Å²) in [6.07, 6.45) is 4.04. The van der Waals surface area contributed by atoms with Crippen LogP contribution >= 0.6 is 11.6 Å². The molecule has 6 nitrogen and oxygen atoms in total. The van der Waals surface area contributed by atoms with Crippen molar-refractivity contribution in [3.05, 3.63) is 88.4 Å². The summed E-state index contributed by atoms with van der Waals surface area (Å²) in [4.78, 5) is 27.5. The summed E-state index contributed by atoms with van der Waals surface area (Å²) in [5.74, 6) is -1.78. The molecule has 204 valence electrons. The van der Waals surface area contributed by atoms with Crippen LogP contribution in [0.1, 0.15) is 46.4 Å². The van der Waals surface area contributed by atoms with E-state index in [-0.39, 0.29) is 44.2 Å². The van der Waals surface area contributed by atoms with E-state index in [1.165, 1.54) is 42.5 Å². The molecule has 0 bridgehead atoms. The average Bonchev–Trinajstić information content (AvgIpc) is 2.87. The number of sulfone groups is 1. The van der Waals surface area contributed by atoms with Crippen molar-refractivity contribution in [2.75, 3.05) is 19.3 Å². The standard InChI is InChI=1S/C29H27ClF2N2O4S/c1-39(37,38)22-7-9-25(30)24(15-22)27(35)33-21-16-29(17-21)10-12-34(13-11-29)28(36)23-8-4-19(14-26(23)32)18-2-5-20(31)6-3-18/h2-9,14-15,21H,10-13,16-17H2,1H3,(H,33,35). The van der Waals surface area contributed by atoms with Crippen molar-refractivity contribution < 1.29 is 26.8 Å². The van der Waals surface area contributed by atoms with Gasteiger partial charge in [-0.2, -0.15) is 0 Å². The Hall–Kier alpha value is -3.30. The number of hydrogen-bond acceptors (Lipinski definition) is 4. The summed E-state index contributed by atoms with van der Waals surface area (Å²) in [5, 5.41) is 3.12. The molecule has 2 amide bonds. The molecule has 1 heterocycles. The summed E-state index contributed by atoms with van der Waals surface area (Å²) in [5.41, 5.74) is 1.34.